The molecule has 1 aliphatic heterocycles. The highest BCUT2D eigenvalue weighted by molar-refractivity contribution is 6.15. The van der Waals surface area contributed by atoms with E-state index in [9.17, 15) is 9.18 Å². The van der Waals surface area contributed by atoms with Crippen molar-refractivity contribution in [3.8, 4) is 11.5 Å². The molecular weight excluding hydrogens is 323 g/mol. The van der Waals surface area contributed by atoms with E-state index < -0.39 is 11.8 Å². The Labute approximate surface area is 145 Å². The standard InChI is InChI=1S/C19H19FN2O3/c1-3-19(4-2)22-17(12-5-7-13(20)8-6-12)15-10-9-14(24-18(21)23)11-16(15)25-19/h5-11H,3-4H2,1-2H3,(H2,21,23). The highest BCUT2D eigenvalue weighted by Gasteiger charge is 2.34. The quantitative estimate of drug-likeness (QED) is 0.911. The monoisotopic (exact) mass is 342 g/mol. The Morgan fingerprint density at radius 2 is 1.88 bits per heavy atom. The fourth-order valence-corrected chi connectivity index (χ4v) is 2.83. The van der Waals surface area contributed by atoms with Gasteiger partial charge in [0.05, 0.1) is 5.71 Å². The van der Waals surface area contributed by atoms with Crippen molar-refractivity contribution >= 4 is 11.8 Å². The third kappa shape index (κ3) is 3.33. The van der Waals surface area contributed by atoms with Crippen molar-refractivity contribution in [1.82, 2.24) is 0 Å². The average Bonchev–Trinajstić information content (AvgIpc) is 2.60. The van der Waals surface area contributed by atoms with Crippen LogP contribution in [0.4, 0.5) is 9.18 Å². The van der Waals surface area contributed by atoms with Crippen molar-refractivity contribution in [2.45, 2.75) is 32.4 Å². The van der Waals surface area contributed by atoms with Gasteiger partial charge in [0.1, 0.15) is 17.3 Å². The van der Waals surface area contributed by atoms with Crippen LogP contribution in [0.25, 0.3) is 0 Å². The number of nitrogens with zero attached hydrogens (tertiary/aromatic N) is 1. The van der Waals surface area contributed by atoms with Crippen LogP contribution in [0, 0.1) is 5.82 Å². The molecule has 25 heavy (non-hydrogen) atoms. The minimum absolute atomic E-state index is 0.299. The molecule has 0 aliphatic carbocycles. The molecule has 0 bridgehead atoms. The van der Waals surface area contributed by atoms with Gasteiger partial charge in [-0.1, -0.05) is 13.8 Å². The van der Waals surface area contributed by atoms with Gasteiger partial charge in [0.2, 0.25) is 0 Å². The summed E-state index contributed by atoms with van der Waals surface area (Å²) in [6.45, 7) is 3.98. The third-order valence-corrected chi connectivity index (χ3v) is 4.26. The van der Waals surface area contributed by atoms with Crippen molar-refractivity contribution in [2.24, 2.45) is 10.7 Å². The molecule has 3 rings (SSSR count). The van der Waals surface area contributed by atoms with Crippen molar-refractivity contribution in [2.75, 3.05) is 0 Å². The first-order valence-corrected chi connectivity index (χ1v) is 8.13. The second kappa shape index (κ2) is 6.55. The maximum Gasteiger partial charge on any atom is 0.409 e. The van der Waals surface area contributed by atoms with E-state index in [0.29, 0.717) is 24.3 Å². The van der Waals surface area contributed by atoms with Gasteiger partial charge in [0.25, 0.3) is 0 Å². The number of rotatable bonds is 4. The Bertz CT molecular complexity index is 827. The topological polar surface area (TPSA) is 73.9 Å². The molecule has 0 spiro atoms. The van der Waals surface area contributed by atoms with Crippen LogP contribution in [0.1, 0.15) is 37.8 Å². The first-order valence-electron chi connectivity index (χ1n) is 8.13. The van der Waals surface area contributed by atoms with Crippen LogP contribution >= 0.6 is 0 Å². The number of carbonyl (C=O) groups is 1. The Balaban J connectivity index is 2.13. The number of benzene rings is 2. The number of primary amides is 1. The summed E-state index contributed by atoms with van der Waals surface area (Å²) < 4.78 is 24.3. The summed E-state index contributed by atoms with van der Waals surface area (Å²) in [7, 11) is 0. The van der Waals surface area contributed by atoms with Gasteiger partial charge in [-0.15, -0.1) is 0 Å². The minimum Gasteiger partial charge on any atom is -0.465 e. The SMILES string of the molecule is CCC1(CC)N=C(c2ccc(F)cc2)c2ccc(OC(N)=O)cc2O1. The molecule has 1 aliphatic rings. The number of halogens is 1. The first kappa shape index (κ1) is 17.0. The van der Waals surface area contributed by atoms with Crippen molar-refractivity contribution in [3.05, 3.63) is 59.4 Å². The summed E-state index contributed by atoms with van der Waals surface area (Å²) in [6.07, 6.45) is 0.434. The normalized spacial score (nSPS) is 14.9. The number of amides is 1. The number of hydrogen-bond donors (Lipinski definition) is 1. The van der Waals surface area contributed by atoms with Crippen LogP contribution < -0.4 is 15.2 Å². The Hall–Kier alpha value is -2.89. The summed E-state index contributed by atoms with van der Waals surface area (Å²) in [6, 6.07) is 11.2. The number of ether oxygens (including phenoxy) is 2. The fourth-order valence-electron chi connectivity index (χ4n) is 2.83. The maximum atomic E-state index is 13.3. The molecule has 1 heterocycles. The number of aliphatic imine (C=N–C) groups is 1. The van der Waals surface area contributed by atoms with E-state index in [4.69, 9.17) is 20.2 Å². The van der Waals surface area contributed by atoms with Gasteiger partial charge in [0.15, 0.2) is 5.72 Å². The highest BCUT2D eigenvalue weighted by atomic mass is 19.1. The lowest BCUT2D eigenvalue weighted by molar-refractivity contribution is 0.0657. The molecule has 0 atom stereocenters. The van der Waals surface area contributed by atoms with Crippen LogP contribution in [0.5, 0.6) is 11.5 Å². The molecule has 0 aromatic heterocycles. The third-order valence-electron chi connectivity index (χ3n) is 4.26. The zero-order chi connectivity index (χ0) is 18.0. The molecule has 0 radical (unpaired) electrons. The van der Waals surface area contributed by atoms with Gasteiger partial charge in [-0.25, -0.2) is 14.2 Å². The average molecular weight is 342 g/mol. The number of nitrogens with two attached hydrogens (primary N) is 1. The van der Waals surface area contributed by atoms with E-state index in [-0.39, 0.29) is 5.82 Å². The van der Waals surface area contributed by atoms with Crippen molar-refractivity contribution < 1.29 is 18.7 Å². The fraction of sp³-hybridized carbons (Fsp3) is 0.263. The summed E-state index contributed by atoms with van der Waals surface area (Å²) in [5, 5.41) is 0. The lowest BCUT2D eigenvalue weighted by atomic mass is 9.96. The highest BCUT2D eigenvalue weighted by Crippen LogP contribution is 2.38. The summed E-state index contributed by atoms with van der Waals surface area (Å²) in [4.78, 5) is 15.8. The predicted molar refractivity (Wildman–Crippen MR) is 92.6 cm³/mol. The summed E-state index contributed by atoms with van der Waals surface area (Å²) in [5.41, 5.74) is 6.62. The van der Waals surface area contributed by atoms with Gasteiger partial charge in [-0.05, 0) is 36.4 Å². The lowest BCUT2D eigenvalue weighted by Gasteiger charge is -2.35. The molecule has 0 unspecified atom stereocenters. The van der Waals surface area contributed by atoms with Gasteiger partial charge in [-0.3, -0.25) is 0 Å². The first-order chi connectivity index (χ1) is 12.0. The molecule has 6 heteroatoms. The zero-order valence-corrected chi connectivity index (χ0v) is 14.1. The van der Waals surface area contributed by atoms with Crippen molar-refractivity contribution in [3.63, 3.8) is 0 Å². The van der Waals surface area contributed by atoms with E-state index in [1.54, 1.807) is 30.3 Å². The van der Waals surface area contributed by atoms with Gasteiger partial charge >= 0.3 is 6.09 Å². The summed E-state index contributed by atoms with van der Waals surface area (Å²) >= 11 is 0. The zero-order valence-electron chi connectivity index (χ0n) is 14.1. The maximum absolute atomic E-state index is 13.3. The number of hydrogen-bond acceptors (Lipinski definition) is 4. The molecule has 0 fully saturated rings. The molecule has 5 nitrogen and oxygen atoms in total. The Morgan fingerprint density at radius 1 is 1.20 bits per heavy atom. The second-order valence-electron chi connectivity index (χ2n) is 5.80. The molecule has 1 amide bonds. The van der Waals surface area contributed by atoms with Crippen molar-refractivity contribution in [1.29, 1.82) is 0 Å². The Morgan fingerprint density at radius 3 is 2.48 bits per heavy atom. The molecule has 2 aromatic rings. The van der Waals surface area contributed by atoms with E-state index in [2.05, 4.69) is 0 Å². The van der Waals surface area contributed by atoms with E-state index in [0.717, 1.165) is 16.8 Å². The van der Waals surface area contributed by atoms with Crippen LogP contribution in [0.15, 0.2) is 47.5 Å². The van der Waals surface area contributed by atoms with Crippen LogP contribution in [0.3, 0.4) is 0 Å². The largest absolute Gasteiger partial charge is 0.465 e. The van der Waals surface area contributed by atoms with Gasteiger partial charge in [-0.2, -0.15) is 0 Å². The molecule has 0 saturated heterocycles. The van der Waals surface area contributed by atoms with Gasteiger partial charge in [0, 0.05) is 30.0 Å². The predicted octanol–water partition coefficient (Wildman–Crippen LogP) is 4.03. The number of carbonyl (C=O) groups excluding carboxylic acids is 1. The molecule has 2 N–H and O–H groups in total. The summed E-state index contributed by atoms with van der Waals surface area (Å²) in [5.74, 6) is 0.545. The van der Waals surface area contributed by atoms with E-state index >= 15 is 0 Å². The second-order valence-corrected chi connectivity index (χ2v) is 5.80. The smallest absolute Gasteiger partial charge is 0.409 e. The molecule has 130 valence electrons. The number of fused-ring (bicyclic) bond motifs is 1. The molecular formula is C19H19FN2O3. The molecule has 0 saturated carbocycles. The lowest BCUT2D eigenvalue weighted by Crippen LogP contribution is -2.37. The minimum atomic E-state index is -0.888. The Kier molecular flexibility index (Phi) is 4.44. The van der Waals surface area contributed by atoms with E-state index in [1.807, 2.05) is 13.8 Å². The van der Waals surface area contributed by atoms with E-state index in [1.165, 1.54) is 12.1 Å². The molecule has 2 aromatic carbocycles. The van der Waals surface area contributed by atoms with Gasteiger partial charge < -0.3 is 15.2 Å². The van der Waals surface area contributed by atoms with Crippen LogP contribution in [-0.2, 0) is 0 Å². The van der Waals surface area contributed by atoms with Crippen LogP contribution in [-0.4, -0.2) is 17.5 Å². The van der Waals surface area contributed by atoms with Crippen LogP contribution in [0.2, 0.25) is 0 Å².